The highest BCUT2D eigenvalue weighted by Crippen LogP contribution is 2.21. The van der Waals surface area contributed by atoms with Crippen LogP contribution in [0.4, 0.5) is 4.39 Å². The van der Waals surface area contributed by atoms with Gasteiger partial charge in [0, 0.05) is 31.4 Å². The number of carbonyl (C=O) groups excluding carboxylic acids is 1. The summed E-state index contributed by atoms with van der Waals surface area (Å²) in [5.41, 5.74) is 0.502. The number of hydrogen-bond acceptors (Lipinski definition) is 3. The highest BCUT2D eigenvalue weighted by molar-refractivity contribution is 6.30. The SMILES string of the molecule is O=C(c1cncc(Cl)c1)N1CCC[C@H](COc2ccc(F)cc2)C1. The number of carbonyl (C=O) groups is 1. The molecule has 1 saturated heterocycles. The van der Waals surface area contributed by atoms with Crippen LogP contribution in [0.1, 0.15) is 23.2 Å². The molecule has 0 saturated carbocycles. The Labute approximate surface area is 145 Å². The van der Waals surface area contributed by atoms with Gasteiger partial charge in [-0.25, -0.2) is 4.39 Å². The smallest absolute Gasteiger partial charge is 0.255 e. The minimum Gasteiger partial charge on any atom is -0.493 e. The summed E-state index contributed by atoms with van der Waals surface area (Å²) in [5.74, 6) is 0.544. The maximum absolute atomic E-state index is 12.9. The first-order chi connectivity index (χ1) is 11.6. The molecule has 0 spiro atoms. The summed E-state index contributed by atoms with van der Waals surface area (Å²) in [6.07, 6.45) is 4.97. The van der Waals surface area contributed by atoms with Crippen molar-refractivity contribution in [3.8, 4) is 5.75 Å². The fraction of sp³-hybridized carbons (Fsp3) is 0.333. The minimum absolute atomic E-state index is 0.0588. The first kappa shape index (κ1) is 16.7. The number of hydrogen-bond donors (Lipinski definition) is 0. The molecule has 6 heteroatoms. The van der Waals surface area contributed by atoms with Crippen molar-refractivity contribution in [3.05, 3.63) is 59.1 Å². The van der Waals surface area contributed by atoms with Crippen LogP contribution in [-0.2, 0) is 0 Å². The van der Waals surface area contributed by atoms with Crippen LogP contribution in [0.5, 0.6) is 5.75 Å². The second-order valence-corrected chi connectivity index (χ2v) is 6.35. The van der Waals surface area contributed by atoms with Crippen LogP contribution in [0.3, 0.4) is 0 Å². The normalized spacial score (nSPS) is 17.6. The van der Waals surface area contributed by atoms with Gasteiger partial charge in [0.15, 0.2) is 0 Å². The molecule has 3 rings (SSSR count). The molecule has 1 aliphatic heterocycles. The van der Waals surface area contributed by atoms with E-state index in [0.717, 1.165) is 19.4 Å². The zero-order chi connectivity index (χ0) is 16.9. The Kier molecular flexibility index (Phi) is 5.30. The van der Waals surface area contributed by atoms with E-state index in [1.807, 2.05) is 4.90 Å². The molecule has 1 aliphatic rings. The Hall–Kier alpha value is -2.14. The van der Waals surface area contributed by atoms with E-state index in [2.05, 4.69) is 4.98 Å². The van der Waals surface area contributed by atoms with Crippen LogP contribution >= 0.6 is 11.6 Å². The van der Waals surface area contributed by atoms with E-state index >= 15 is 0 Å². The average molecular weight is 349 g/mol. The molecule has 4 nitrogen and oxygen atoms in total. The number of halogens is 2. The maximum atomic E-state index is 12.9. The third-order valence-corrected chi connectivity index (χ3v) is 4.26. The number of rotatable bonds is 4. The van der Waals surface area contributed by atoms with Gasteiger partial charge in [0.1, 0.15) is 11.6 Å². The molecule has 2 aromatic rings. The summed E-state index contributed by atoms with van der Waals surface area (Å²) in [6.45, 7) is 1.86. The first-order valence-corrected chi connectivity index (χ1v) is 8.28. The lowest BCUT2D eigenvalue weighted by molar-refractivity contribution is 0.0633. The van der Waals surface area contributed by atoms with Crippen molar-refractivity contribution < 1.29 is 13.9 Å². The Morgan fingerprint density at radius 3 is 2.88 bits per heavy atom. The van der Waals surface area contributed by atoms with Gasteiger partial charge in [-0.3, -0.25) is 9.78 Å². The summed E-state index contributed by atoms with van der Waals surface area (Å²) in [5, 5.41) is 0.453. The molecule has 1 amide bonds. The zero-order valence-electron chi connectivity index (χ0n) is 13.1. The Morgan fingerprint density at radius 2 is 2.12 bits per heavy atom. The molecular formula is C18H18ClFN2O2. The van der Waals surface area contributed by atoms with E-state index in [1.54, 1.807) is 18.2 Å². The van der Waals surface area contributed by atoms with Crippen molar-refractivity contribution in [1.29, 1.82) is 0 Å². The van der Waals surface area contributed by atoms with E-state index in [4.69, 9.17) is 16.3 Å². The van der Waals surface area contributed by atoms with Crippen LogP contribution in [0, 0.1) is 11.7 Å². The molecule has 126 valence electrons. The standard InChI is InChI=1S/C18H18ClFN2O2/c19-15-8-14(9-21-10-15)18(23)22-7-1-2-13(11-22)12-24-17-5-3-16(20)4-6-17/h3-6,8-10,13H,1-2,7,11-12H2/t13-/m0/s1. The third-order valence-electron chi connectivity index (χ3n) is 4.06. The highest BCUT2D eigenvalue weighted by Gasteiger charge is 2.25. The number of nitrogens with zero attached hydrogens (tertiary/aromatic N) is 2. The van der Waals surface area contributed by atoms with Crippen LogP contribution in [0.25, 0.3) is 0 Å². The van der Waals surface area contributed by atoms with Crippen LogP contribution in [0.15, 0.2) is 42.7 Å². The summed E-state index contributed by atoms with van der Waals surface area (Å²) >= 11 is 5.91. The molecule has 0 N–H and O–H groups in total. The number of pyridine rings is 1. The summed E-state index contributed by atoms with van der Waals surface area (Å²) < 4.78 is 18.6. The van der Waals surface area contributed by atoms with Gasteiger partial charge in [0.25, 0.3) is 5.91 Å². The fourth-order valence-electron chi connectivity index (χ4n) is 2.84. The van der Waals surface area contributed by atoms with Crippen LogP contribution < -0.4 is 4.74 Å². The Morgan fingerprint density at radius 1 is 1.33 bits per heavy atom. The number of benzene rings is 1. The summed E-state index contributed by atoms with van der Waals surface area (Å²) in [4.78, 5) is 18.3. The highest BCUT2D eigenvalue weighted by atomic mass is 35.5. The van der Waals surface area contributed by atoms with E-state index in [9.17, 15) is 9.18 Å². The van der Waals surface area contributed by atoms with Gasteiger partial charge in [-0.1, -0.05) is 11.6 Å². The number of aromatic nitrogens is 1. The molecule has 0 radical (unpaired) electrons. The van der Waals surface area contributed by atoms with Gasteiger partial charge in [0.05, 0.1) is 17.2 Å². The quantitative estimate of drug-likeness (QED) is 0.844. The van der Waals surface area contributed by atoms with E-state index in [0.29, 0.717) is 29.5 Å². The van der Waals surface area contributed by atoms with Crippen molar-refractivity contribution in [1.82, 2.24) is 9.88 Å². The lowest BCUT2D eigenvalue weighted by Crippen LogP contribution is -2.41. The number of piperidine rings is 1. The van der Waals surface area contributed by atoms with Crippen molar-refractivity contribution in [3.63, 3.8) is 0 Å². The van der Waals surface area contributed by atoms with E-state index < -0.39 is 0 Å². The average Bonchev–Trinajstić information content (AvgIpc) is 2.61. The first-order valence-electron chi connectivity index (χ1n) is 7.90. The summed E-state index contributed by atoms with van der Waals surface area (Å²) in [6, 6.07) is 7.60. The monoisotopic (exact) mass is 348 g/mol. The Bertz CT molecular complexity index is 708. The Balaban J connectivity index is 1.57. The molecule has 24 heavy (non-hydrogen) atoms. The molecule has 1 fully saturated rings. The summed E-state index contributed by atoms with van der Waals surface area (Å²) in [7, 11) is 0. The van der Waals surface area contributed by atoms with Crippen molar-refractivity contribution in [2.75, 3.05) is 19.7 Å². The minimum atomic E-state index is -0.285. The van der Waals surface area contributed by atoms with Crippen molar-refractivity contribution in [2.24, 2.45) is 5.92 Å². The van der Waals surface area contributed by atoms with Gasteiger partial charge in [-0.15, -0.1) is 0 Å². The molecule has 1 aromatic heterocycles. The van der Waals surface area contributed by atoms with Gasteiger partial charge < -0.3 is 9.64 Å². The predicted molar refractivity (Wildman–Crippen MR) is 89.8 cm³/mol. The lowest BCUT2D eigenvalue weighted by atomic mass is 9.98. The maximum Gasteiger partial charge on any atom is 0.255 e. The van der Waals surface area contributed by atoms with Gasteiger partial charge in [0.2, 0.25) is 0 Å². The molecule has 2 heterocycles. The third kappa shape index (κ3) is 4.23. The second kappa shape index (κ2) is 7.62. The van der Waals surface area contributed by atoms with Crippen molar-refractivity contribution in [2.45, 2.75) is 12.8 Å². The van der Waals surface area contributed by atoms with Gasteiger partial charge >= 0.3 is 0 Å². The zero-order valence-corrected chi connectivity index (χ0v) is 13.9. The van der Waals surface area contributed by atoms with E-state index in [-0.39, 0.29) is 17.6 Å². The number of ether oxygens (including phenoxy) is 1. The van der Waals surface area contributed by atoms with E-state index in [1.165, 1.54) is 24.5 Å². The number of likely N-dealkylation sites (tertiary alicyclic amines) is 1. The van der Waals surface area contributed by atoms with Crippen LogP contribution in [-0.4, -0.2) is 35.5 Å². The topological polar surface area (TPSA) is 42.4 Å². The largest absolute Gasteiger partial charge is 0.493 e. The molecule has 1 atom stereocenters. The molecule has 0 aliphatic carbocycles. The molecule has 1 aromatic carbocycles. The fourth-order valence-corrected chi connectivity index (χ4v) is 3.02. The predicted octanol–water partition coefficient (Wildman–Crippen LogP) is 3.81. The molecule has 0 unspecified atom stereocenters. The van der Waals surface area contributed by atoms with Gasteiger partial charge in [-0.05, 0) is 43.2 Å². The van der Waals surface area contributed by atoms with Gasteiger partial charge in [-0.2, -0.15) is 0 Å². The number of amides is 1. The van der Waals surface area contributed by atoms with Crippen LogP contribution in [0.2, 0.25) is 5.02 Å². The molecular weight excluding hydrogens is 331 g/mol. The molecule has 0 bridgehead atoms. The lowest BCUT2D eigenvalue weighted by Gasteiger charge is -2.32. The van der Waals surface area contributed by atoms with Crippen molar-refractivity contribution >= 4 is 17.5 Å². The second-order valence-electron chi connectivity index (χ2n) is 5.92.